The summed E-state index contributed by atoms with van der Waals surface area (Å²) in [4.78, 5) is 0. The molecule has 15 heavy (non-hydrogen) atoms. The van der Waals surface area contributed by atoms with E-state index in [4.69, 9.17) is 15.1 Å². The van der Waals surface area contributed by atoms with Crippen LogP contribution in [0.5, 0.6) is 0 Å². The first-order chi connectivity index (χ1) is 7.19. The van der Waals surface area contributed by atoms with Gasteiger partial charge in [-0.25, -0.2) is 4.39 Å². The largest absolute Gasteiger partial charge is 0.394 e. The second-order valence-electron chi connectivity index (χ2n) is 3.11. The normalized spacial score (nSPS) is 12.1. The van der Waals surface area contributed by atoms with Crippen molar-refractivity contribution in [3.8, 4) is 6.07 Å². The summed E-state index contributed by atoms with van der Waals surface area (Å²) < 4.78 is 18.2. The van der Waals surface area contributed by atoms with Crippen LogP contribution in [0.1, 0.15) is 17.2 Å². The quantitative estimate of drug-likeness (QED) is 0.821. The van der Waals surface area contributed by atoms with Crippen LogP contribution in [0.15, 0.2) is 18.2 Å². The van der Waals surface area contributed by atoms with Crippen molar-refractivity contribution < 1.29 is 14.2 Å². The van der Waals surface area contributed by atoms with E-state index in [-0.39, 0.29) is 19.0 Å². The molecule has 0 aromatic heterocycles. The minimum Gasteiger partial charge on any atom is -0.394 e. The maximum absolute atomic E-state index is 13.2. The van der Waals surface area contributed by atoms with Crippen molar-refractivity contribution in [2.75, 3.05) is 13.2 Å². The zero-order valence-corrected chi connectivity index (χ0v) is 8.40. The van der Waals surface area contributed by atoms with Gasteiger partial charge in [0, 0.05) is 0 Å². The van der Waals surface area contributed by atoms with Gasteiger partial charge in [-0.05, 0) is 24.1 Å². The molecule has 3 nitrogen and oxygen atoms in total. The van der Waals surface area contributed by atoms with Crippen LogP contribution in [0.3, 0.4) is 0 Å². The van der Waals surface area contributed by atoms with Gasteiger partial charge >= 0.3 is 0 Å². The van der Waals surface area contributed by atoms with E-state index in [1.807, 2.05) is 6.07 Å². The van der Waals surface area contributed by atoms with Gasteiger partial charge in [0.2, 0.25) is 0 Å². The first-order valence-corrected chi connectivity index (χ1v) is 4.57. The predicted octanol–water partition coefficient (Wildman–Crippen LogP) is 1.71. The highest BCUT2D eigenvalue weighted by Gasteiger charge is 2.11. The standard InChI is InChI=1S/C11H12FNO2/c1-8-2-3-9(6-10(8)12)11(7-13)15-5-4-14/h2-3,6,11,14H,4-5H2,1H3. The summed E-state index contributed by atoms with van der Waals surface area (Å²) in [6, 6.07) is 6.42. The van der Waals surface area contributed by atoms with Crippen molar-refractivity contribution in [3.63, 3.8) is 0 Å². The number of aliphatic hydroxyl groups is 1. The highest BCUT2D eigenvalue weighted by Crippen LogP contribution is 2.19. The van der Waals surface area contributed by atoms with Crippen molar-refractivity contribution in [1.29, 1.82) is 5.26 Å². The molecule has 1 unspecified atom stereocenters. The molecular weight excluding hydrogens is 197 g/mol. The number of rotatable bonds is 4. The minimum atomic E-state index is -0.827. The average molecular weight is 209 g/mol. The summed E-state index contributed by atoms with van der Waals surface area (Å²) in [7, 11) is 0. The molecule has 0 aliphatic carbocycles. The van der Waals surface area contributed by atoms with Crippen LogP contribution >= 0.6 is 0 Å². The molecule has 0 bridgehead atoms. The van der Waals surface area contributed by atoms with Crippen molar-refractivity contribution >= 4 is 0 Å². The lowest BCUT2D eigenvalue weighted by Gasteiger charge is -2.10. The average Bonchev–Trinajstić information content (AvgIpc) is 2.24. The van der Waals surface area contributed by atoms with Crippen molar-refractivity contribution in [2.24, 2.45) is 0 Å². The van der Waals surface area contributed by atoms with Gasteiger partial charge in [-0.3, -0.25) is 0 Å². The Morgan fingerprint density at radius 1 is 1.60 bits per heavy atom. The Kier molecular flexibility index (Phi) is 4.22. The molecule has 0 spiro atoms. The van der Waals surface area contributed by atoms with Gasteiger partial charge in [0.1, 0.15) is 5.82 Å². The molecule has 0 fully saturated rings. The number of benzene rings is 1. The van der Waals surface area contributed by atoms with E-state index in [2.05, 4.69) is 0 Å². The third kappa shape index (κ3) is 3.01. The summed E-state index contributed by atoms with van der Waals surface area (Å²) in [5.74, 6) is -0.361. The van der Waals surface area contributed by atoms with Crippen molar-refractivity contribution in [2.45, 2.75) is 13.0 Å². The number of aryl methyl sites for hydroxylation is 1. The molecule has 0 radical (unpaired) electrons. The summed E-state index contributed by atoms with van der Waals surface area (Å²) in [6.07, 6.45) is -0.827. The smallest absolute Gasteiger partial charge is 0.169 e. The van der Waals surface area contributed by atoms with Gasteiger partial charge in [-0.15, -0.1) is 0 Å². The molecule has 4 heteroatoms. The van der Waals surface area contributed by atoms with E-state index in [1.54, 1.807) is 19.1 Å². The number of hydrogen-bond donors (Lipinski definition) is 1. The van der Waals surface area contributed by atoms with Crippen LogP contribution in [-0.4, -0.2) is 18.3 Å². The zero-order chi connectivity index (χ0) is 11.3. The van der Waals surface area contributed by atoms with Crippen LogP contribution < -0.4 is 0 Å². The molecule has 0 saturated heterocycles. The Hall–Kier alpha value is -1.44. The number of ether oxygens (including phenoxy) is 1. The van der Waals surface area contributed by atoms with E-state index in [0.29, 0.717) is 11.1 Å². The van der Waals surface area contributed by atoms with E-state index >= 15 is 0 Å². The van der Waals surface area contributed by atoms with Gasteiger partial charge in [0.15, 0.2) is 6.10 Å². The third-order valence-corrected chi connectivity index (χ3v) is 1.99. The summed E-state index contributed by atoms with van der Waals surface area (Å²) in [5.41, 5.74) is 0.992. The highest BCUT2D eigenvalue weighted by atomic mass is 19.1. The fourth-order valence-electron chi connectivity index (χ4n) is 1.15. The highest BCUT2D eigenvalue weighted by molar-refractivity contribution is 5.27. The fourth-order valence-corrected chi connectivity index (χ4v) is 1.15. The molecule has 1 N–H and O–H groups in total. The van der Waals surface area contributed by atoms with E-state index in [0.717, 1.165) is 0 Å². The molecule has 0 aliphatic rings. The number of nitriles is 1. The monoisotopic (exact) mass is 209 g/mol. The minimum absolute atomic E-state index is 0.0632. The lowest BCUT2D eigenvalue weighted by atomic mass is 10.1. The zero-order valence-electron chi connectivity index (χ0n) is 8.40. The van der Waals surface area contributed by atoms with Gasteiger partial charge in [0.05, 0.1) is 19.3 Å². The second kappa shape index (κ2) is 5.44. The molecule has 1 atom stereocenters. The molecule has 1 aromatic carbocycles. The molecular formula is C11H12FNO2. The first kappa shape index (κ1) is 11.6. The predicted molar refractivity (Wildman–Crippen MR) is 52.5 cm³/mol. The molecule has 0 heterocycles. The molecule has 0 aliphatic heterocycles. The molecule has 80 valence electrons. The number of hydrogen-bond acceptors (Lipinski definition) is 3. The van der Waals surface area contributed by atoms with Gasteiger partial charge in [0.25, 0.3) is 0 Å². The summed E-state index contributed by atoms with van der Waals surface area (Å²) >= 11 is 0. The molecule has 1 aromatic rings. The first-order valence-electron chi connectivity index (χ1n) is 4.57. The topological polar surface area (TPSA) is 53.2 Å². The Morgan fingerprint density at radius 3 is 2.87 bits per heavy atom. The van der Waals surface area contributed by atoms with Gasteiger partial charge in [-0.2, -0.15) is 5.26 Å². The van der Waals surface area contributed by atoms with Crippen LogP contribution in [0.2, 0.25) is 0 Å². The van der Waals surface area contributed by atoms with Crippen molar-refractivity contribution in [3.05, 3.63) is 35.1 Å². The summed E-state index contributed by atoms with van der Waals surface area (Å²) in [6.45, 7) is 1.55. The van der Waals surface area contributed by atoms with Gasteiger partial charge in [-0.1, -0.05) is 12.1 Å². The Balaban J connectivity index is 2.84. The Labute approximate surface area is 87.7 Å². The maximum Gasteiger partial charge on any atom is 0.169 e. The van der Waals surface area contributed by atoms with Crippen LogP contribution in [0.4, 0.5) is 4.39 Å². The fraction of sp³-hybridized carbons (Fsp3) is 0.364. The van der Waals surface area contributed by atoms with Crippen LogP contribution in [-0.2, 0) is 4.74 Å². The second-order valence-corrected chi connectivity index (χ2v) is 3.11. The van der Waals surface area contributed by atoms with Crippen molar-refractivity contribution in [1.82, 2.24) is 0 Å². The van der Waals surface area contributed by atoms with E-state index in [1.165, 1.54) is 6.07 Å². The number of nitrogens with zero attached hydrogens (tertiary/aromatic N) is 1. The SMILES string of the molecule is Cc1ccc(C(C#N)OCCO)cc1F. The van der Waals surface area contributed by atoms with E-state index in [9.17, 15) is 4.39 Å². The maximum atomic E-state index is 13.2. The lowest BCUT2D eigenvalue weighted by molar-refractivity contribution is 0.0580. The molecule has 1 rings (SSSR count). The summed E-state index contributed by atoms with van der Waals surface area (Å²) in [5, 5.41) is 17.3. The molecule has 0 amide bonds. The molecule has 0 saturated carbocycles. The van der Waals surface area contributed by atoms with E-state index < -0.39 is 6.10 Å². The van der Waals surface area contributed by atoms with Crippen LogP contribution in [0, 0.1) is 24.1 Å². The third-order valence-electron chi connectivity index (χ3n) is 1.99. The Morgan fingerprint density at radius 2 is 2.33 bits per heavy atom. The van der Waals surface area contributed by atoms with Gasteiger partial charge < -0.3 is 9.84 Å². The number of aliphatic hydroxyl groups excluding tert-OH is 1. The lowest BCUT2D eigenvalue weighted by Crippen LogP contribution is -2.06. The number of halogens is 1. The van der Waals surface area contributed by atoms with Crippen LogP contribution in [0.25, 0.3) is 0 Å². The Bertz CT molecular complexity index is 373.